The van der Waals surface area contributed by atoms with Gasteiger partial charge in [0.05, 0.1) is 12.6 Å². The Morgan fingerprint density at radius 1 is 1.42 bits per heavy atom. The van der Waals surface area contributed by atoms with Gasteiger partial charge < -0.3 is 14.6 Å². The highest BCUT2D eigenvalue weighted by atomic mass is 32.1. The molecule has 0 saturated carbocycles. The maximum Gasteiger partial charge on any atom is 0.344 e. The first-order valence-corrected chi connectivity index (χ1v) is 9.61. The number of carbonyl (C=O) groups is 1. The van der Waals surface area contributed by atoms with Gasteiger partial charge in [-0.2, -0.15) is 4.99 Å². The molecule has 1 fully saturated rings. The molecule has 1 N–H and O–H groups in total. The van der Waals surface area contributed by atoms with Crippen molar-refractivity contribution < 1.29 is 9.53 Å². The number of rotatable bonds is 4. The number of aromatic nitrogens is 1. The Kier molecular flexibility index (Phi) is 5.91. The van der Waals surface area contributed by atoms with E-state index in [-0.39, 0.29) is 23.1 Å². The molecule has 2 heterocycles. The molecule has 1 aliphatic heterocycles. The summed E-state index contributed by atoms with van der Waals surface area (Å²) >= 11 is 1.59. The topological polar surface area (TPSA) is 55.6 Å². The Balaban J connectivity index is 2.29. The minimum atomic E-state index is -0.273. The lowest BCUT2D eigenvalue weighted by atomic mass is 9.95. The van der Waals surface area contributed by atoms with Gasteiger partial charge in [-0.3, -0.25) is 0 Å². The highest BCUT2D eigenvalue weighted by molar-refractivity contribution is 7.09. The quantitative estimate of drug-likeness (QED) is 0.894. The van der Waals surface area contributed by atoms with E-state index in [4.69, 9.17) is 4.74 Å². The van der Waals surface area contributed by atoms with Crippen molar-refractivity contribution in [2.45, 2.75) is 84.4 Å². The largest absolute Gasteiger partial charge is 0.376 e. The zero-order valence-electron chi connectivity index (χ0n) is 15.8. The Morgan fingerprint density at radius 2 is 2.12 bits per heavy atom. The summed E-state index contributed by atoms with van der Waals surface area (Å²) in [6.07, 6.45) is 5.40. The molecule has 5 nitrogen and oxygen atoms in total. The van der Waals surface area contributed by atoms with Gasteiger partial charge in [0.2, 0.25) is 0 Å². The van der Waals surface area contributed by atoms with E-state index in [0.717, 1.165) is 37.2 Å². The molecule has 24 heavy (non-hydrogen) atoms. The summed E-state index contributed by atoms with van der Waals surface area (Å²) in [6.45, 7) is 14.2. The van der Waals surface area contributed by atoms with Crippen LogP contribution in [-0.4, -0.2) is 28.8 Å². The molecule has 0 radical (unpaired) electrons. The van der Waals surface area contributed by atoms with Gasteiger partial charge in [-0.05, 0) is 38.5 Å². The van der Waals surface area contributed by atoms with Crippen molar-refractivity contribution in [1.29, 1.82) is 0 Å². The van der Waals surface area contributed by atoms with Crippen molar-refractivity contribution in [2.75, 3.05) is 6.61 Å². The molecule has 1 aromatic heterocycles. The average molecular weight is 354 g/mol. The van der Waals surface area contributed by atoms with Crippen LogP contribution in [0.25, 0.3) is 0 Å². The lowest BCUT2D eigenvalue weighted by molar-refractivity contribution is 0.0963. The standard InChI is InChI=1S/C18H31N3O2S/c1-7-18(5,6)20-15(22)19-16-21(11-13-9-8-10-23-13)12-14(24-16)17(2,3)4/h12-13H,7-11H2,1-6H3,(H,20,22)/t13-/m1/s1. The molecular weight excluding hydrogens is 322 g/mol. The fourth-order valence-electron chi connectivity index (χ4n) is 2.45. The van der Waals surface area contributed by atoms with Crippen LogP contribution in [0.3, 0.4) is 0 Å². The van der Waals surface area contributed by atoms with Gasteiger partial charge in [0.25, 0.3) is 0 Å². The maximum absolute atomic E-state index is 12.3. The van der Waals surface area contributed by atoms with Crippen LogP contribution in [0.15, 0.2) is 11.2 Å². The van der Waals surface area contributed by atoms with Crippen molar-refractivity contribution in [2.24, 2.45) is 4.99 Å². The summed E-state index contributed by atoms with van der Waals surface area (Å²) in [5.41, 5.74) is -0.208. The SMILES string of the molecule is CCC(C)(C)NC(=O)N=c1sc(C(C)(C)C)cn1C[C@H]1CCCO1. The zero-order chi connectivity index (χ0) is 18.0. The highest BCUT2D eigenvalue weighted by Gasteiger charge is 2.22. The fraction of sp³-hybridized carbons (Fsp3) is 0.778. The predicted molar refractivity (Wildman–Crippen MR) is 98.4 cm³/mol. The summed E-state index contributed by atoms with van der Waals surface area (Å²) in [4.78, 5) is 18.6. The smallest absolute Gasteiger partial charge is 0.344 e. The first kappa shape index (κ1) is 19.2. The Labute approximate surface area is 149 Å². The van der Waals surface area contributed by atoms with E-state index >= 15 is 0 Å². The molecule has 6 heteroatoms. The van der Waals surface area contributed by atoms with Gasteiger partial charge in [-0.15, -0.1) is 11.3 Å². The first-order chi connectivity index (χ1) is 11.1. The molecule has 0 bridgehead atoms. The summed E-state index contributed by atoms with van der Waals surface area (Å²) in [5, 5.41) is 2.98. The van der Waals surface area contributed by atoms with E-state index in [2.05, 4.69) is 48.8 Å². The van der Waals surface area contributed by atoms with E-state index in [1.807, 2.05) is 13.8 Å². The van der Waals surface area contributed by atoms with Crippen molar-refractivity contribution in [1.82, 2.24) is 9.88 Å². The van der Waals surface area contributed by atoms with Gasteiger partial charge in [0.1, 0.15) is 0 Å². The molecule has 1 aromatic rings. The minimum absolute atomic E-state index is 0.0376. The molecule has 2 rings (SSSR count). The second-order valence-corrected chi connectivity index (χ2v) is 9.20. The van der Waals surface area contributed by atoms with Crippen LogP contribution >= 0.6 is 11.3 Å². The molecule has 1 aliphatic rings. The van der Waals surface area contributed by atoms with Crippen LogP contribution < -0.4 is 10.1 Å². The van der Waals surface area contributed by atoms with Gasteiger partial charge in [-0.25, -0.2) is 4.79 Å². The van der Waals surface area contributed by atoms with Gasteiger partial charge in [0, 0.05) is 23.2 Å². The molecule has 2 amide bonds. The van der Waals surface area contributed by atoms with E-state index in [1.165, 1.54) is 4.88 Å². The van der Waals surface area contributed by atoms with Crippen LogP contribution in [0.1, 0.15) is 65.7 Å². The van der Waals surface area contributed by atoms with E-state index in [1.54, 1.807) is 11.3 Å². The summed E-state index contributed by atoms with van der Waals surface area (Å²) < 4.78 is 7.83. The molecule has 0 aromatic carbocycles. The summed E-state index contributed by atoms with van der Waals surface area (Å²) in [6, 6.07) is -0.273. The molecule has 0 spiro atoms. The second-order valence-electron chi connectivity index (χ2n) is 8.19. The fourth-order valence-corrected chi connectivity index (χ4v) is 3.50. The number of amides is 2. The van der Waals surface area contributed by atoms with Crippen LogP contribution in [0.2, 0.25) is 0 Å². The minimum Gasteiger partial charge on any atom is -0.376 e. The third-order valence-corrected chi connectivity index (χ3v) is 5.86. The van der Waals surface area contributed by atoms with Crippen molar-refractivity contribution in [3.05, 3.63) is 15.9 Å². The van der Waals surface area contributed by atoms with Crippen molar-refractivity contribution in [3.63, 3.8) is 0 Å². The normalized spacial score (nSPS) is 19.8. The highest BCUT2D eigenvalue weighted by Crippen LogP contribution is 2.25. The Hall–Kier alpha value is -1.14. The molecule has 0 unspecified atom stereocenters. The number of urea groups is 1. The number of ether oxygens (including phenoxy) is 1. The number of nitrogens with one attached hydrogen (secondary N) is 1. The molecule has 1 atom stereocenters. The second kappa shape index (κ2) is 7.40. The summed E-state index contributed by atoms with van der Waals surface area (Å²) in [7, 11) is 0. The monoisotopic (exact) mass is 353 g/mol. The molecule has 1 saturated heterocycles. The van der Waals surface area contributed by atoms with Crippen LogP contribution in [0.5, 0.6) is 0 Å². The van der Waals surface area contributed by atoms with Crippen molar-refractivity contribution >= 4 is 17.4 Å². The van der Waals surface area contributed by atoms with Gasteiger partial charge >= 0.3 is 6.03 Å². The maximum atomic E-state index is 12.3. The number of carbonyl (C=O) groups excluding carboxylic acids is 1. The average Bonchev–Trinajstić information content (AvgIpc) is 3.09. The first-order valence-electron chi connectivity index (χ1n) is 8.80. The lowest BCUT2D eigenvalue weighted by Crippen LogP contribution is -2.42. The predicted octanol–water partition coefficient (Wildman–Crippen LogP) is 3.83. The number of hydrogen-bond donors (Lipinski definition) is 1. The van der Waals surface area contributed by atoms with E-state index in [0.29, 0.717) is 0 Å². The third kappa shape index (κ3) is 5.18. The van der Waals surface area contributed by atoms with Crippen LogP contribution in [0.4, 0.5) is 4.79 Å². The number of thiazole rings is 1. The van der Waals surface area contributed by atoms with Crippen molar-refractivity contribution in [3.8, 4) is 0 Å². The van der Waals surface area contributed by atoms with Crippen LogP contribution in [-0.2, 0) is 16.7 Å². The lowest BCUT2D eigenvalue weighted by Gasteiger charge is -2.22. The van der Waals surface area contributed by atoms with Gasteiger partial charge in [-0.1, -0.05) is 27.7 Å². The third-order valence-electron chi connectivity index (χ3n) is 4.41. The molecular formula is C18H31N3O2S. The zero-order valence-corrected chi connectivity index (χ0v) is 16.6. The number of nitrogens with zero attached hydrogens (tertiary/aromatic N) is 2. The number of hydrogen-bond acceptors (Lipinski definition) is 3. The molecule has 0 aliphatic carbocycles. The Bertz CT molecular complexity index is 631. The summed E-state index contributed by atoms with van der Waals surface area (Å²) in [5.74, 6) is 0. The van der Waals surface area contributed by atoms with E-state index in [9.17, 15) is 4.79 Å². The Morgan fingerprint density at radius 3 is 2.67 bits per heavy atom. The van der Waals surface area contributed by atoms with Gasteiger partial charge in [0.15, 0.2) is 4.80 Å². The van der Waals surface area contributed by atoms with E-state index < -0.39 is 0 Å². The van der Waals surface area contributed by atoms with Crippen LogP contribution in [0, 0.1) is 0 Å². The molecule has 136 valence electrons.